The van der Waals surface area contributed by atoms with E-state index in [2.05, 4.69) is 100 Å². The van der Waals surface area contributed by atoms with Crippen LogP contribution in [0.1, 0.15) is 22.3 Å². The van der Waals surface area contributed by atoms with Crippen molar-refractivity contribution in [2.24, 2.45) is 0 Å². The average Bonchev–Trinajstić information content (AvgIpc) is 3.95. The molecule has 0 aliphatic rings. The van der Waals surface area contributed by atoms with Crippen LogP contribution in [0.2, 0.25) is 0 Å². The number of hydrogen-bond acceptors (Lipinski definition) is 7. The standard InChI is InChI=1S/C61H33N9/c62-34-38-23-39(35-63)26-46(25-38)44-19-21-57-53(31-44)51-15-7-9-17-55(51)69(57)49-29-48(61-67-59(42-11-3-1-4-12-42)66-60(68-61)43-13-5-2-6-14-43)30-50(33-49)70-56-18-10-8-16-52(56)54-32-45(20-22-58(54)70)47-27-40(36-64)24-41(28-47)37-65/h1-33H. The monoisotopic (exact) mass is 891 g/mol. The SMILES string of the molecule is N#Cc1cc(C#N)cc(-c2ccc3c(c2)c2ccccc2n3-c2cc(-c3nc(-c4ccccc4)nc(-c4ccccc4)n3)cc(-n3c4ccccc4c4cc(-c5cc(C#N)cc(C#N)c5)ccc43)c2)c1. The van der Waals surface area contributed by atoms with Gasteiger partial charge in [0.25, 0.3) is 0 Å². The van der Waals surface area contributed by atoms with Crippen molar-refractivity contribution in [3.8, 4) is 92.1 Å². The maximum atomic E-state index is 9.83. The van der Waals surface area contributed by atoms with Crippen LogP contribution in [0.25, 0.3) is 111 Å². The molecule has 0 saturated carbocycles. The van der Waals surface area contributed by atoms with Gasteiger partial charge < -0.3 is 9.13 Å². The van der Waals surface area contributed by atoms with Crippen LogP contribution >= 0.6 is 0 Å². The van der Waals surface area contributed by atoms with Crippen molar-refractivity contribution in [2.45, 2.75) is 0 Å². The molecule has 0 fully saturated rings. The largest absolute Gasteiger partial charge is 0.309 e. The lowest BCUT2D eigenvalue weighted by Crippen LogP contribution is -2.03. The van der Waals surface area contributed by atoms with Crippen LogP contribution in [-0.4, -0.2) is 24.1 Å². The second kappa shape index (κ2) is 16.8. The third-order valence-corrected chi connectivity index (χ3v) is 12.8. The van der Waals surface area contributed by atoms with Crippen molar-refractivity contribution in [1.29, 1.82) is 21.0 Å². The lowest BCUT2D eigenvalue weighted by molar-refractivity contribution is 1.07. The Bertz CT molecular complexity index is 3960. The summed E-state index contributed by atoms with van der Waals surface area (Å²) in [6.07, 6.45) is 0. The molecule has 0 aliphatic heterocycles. The van der Waals surface area contributed by atoms with E-state index in [4.69, 9.17) is 15.0 Å². The summed E-state index contributed by atoms with van der Waals surface area (Å²) < 4.78 is 4.54. The van der Waals surface area contributed by atoms with Gasteiger partial charge in [-0.15, -0.1) is 0 Å². The van der Waals surface area contributed by atoms with Crippen LogP contribution in [0.5, 0.6) is 0 Å². The molecule has 9 heteroatoms. The molecule has 0 N–H and O–H groups in total. The molecular weight excluding hydrogens is 859 g/mol. The number of aromatic nitrogens is 5. The summed E-state index contributed by atoms with van der Waals surface area (Å²) in [6.45, 7) is 0. The third kappa shape index (κ3) is 7.05. The van der Waals surface area contributed by atoms with Gasteiger partial charge in [0, 0.05) is 49.6 Å². The first-order valence-corrected chi connectivity index (χ1v) is 22.5. The fourth-order valence-electron chi connectivity index (χ4n) is 9.63. The quantitative estimate of drug-likeness (QED) is 0.155. The van der Waals surface area contributed by atoms with Crippen LogP contribution in [-0.2, 0) is 0 Å². The summed E-state index contributed by atoms with van der Waals surface area (Å²) in [5, 5.41) is 43.4. The summed E-state index contributed by atoms with van der Waals surface area (Å²) in [5.41, 5.74) is 13.1. The van der Waals surface area contributed by atoms with E-state index in [1.54, 1.807) is 12.1 Å². The second-order valence-corrected chi connectivity index (χ2v) is 17.0. The van der Waals surface area contributed by atoms with E-state index in [9.17, 15) is 21.0 Å². The van der Waals surface area contributed by atoms with Gasteiger partial charge in [-0.3, -0.25) is 0 Å². The van der Waals surface area contributed by atoms with Gasteiger partial charge in [-0.1, -0.05) is 109 Å². The molecule has 0 atom stereocenters. The summed E-state index contributed by atoms with van der Waals surface area (Å²) in [5.74, 6) is 1.59. The van der Waals surface area contributed by atoms with Crippen molar-refractivity contribution in [3.05, 3.63) is 222 Å². The Morgan fingerprint density at radius 3 is 1.03 bits per heavy atom. The predicted molar refractivity (Wildman–Crippen MR) is 275 cm³/mol. The first-order chi connectivity index (χ1) is 34.5. The summed E-state index contributed by atoms with van der Waals surface area (Å²) in [6, 6.07) is 74.9. The normalized spacial score (nSPS) is 11.1. The highest BCUT2D eigenvalue weighted by molar-refractivity contribution is 6.12. The van der Waals surface area contributed by atoms with E-state index in [0.717, 1.165) is 93.9 Å². The van der Waals surface area contributed by atoms with Crippen LogP contribution in [0, 0.1) is 45.3 Å². The first kappa shape index (κ1) is 41.0. The number of nitriles is 4. The lowest BCUT2D eigenvalue weighted by atomic mass is 9.99. The molecule has 322 valence electrons. The molecule has 0 bridgehead atoms. The van der Waals surface area contributed by atoms with E-state index in [-0.39, 0.29) is 0 Å². The van der Waals surface area contributed by atoms with Gasteiger partial charge in [0.15, 0.2) is 17.5 Å². The number of fused-ring (bicyclic) bond motifs is 6. The average molecular weight is 892 g/mol. The zero-order valence-corrected chi connectivity index (χ0v) is 37.1. The predicted octanol–water partition coefficient (Wildman–Crippen LogP) is 13.9. The molecule has 0 aliphatic carbocycles. The van der Waals surface area contributed by atoms with Crippen molar-refractivity contribution >= 4 is 43.6 Å². The Hall–Kier alpha value is -10.5. The van der Waals surface area contributed by atoms with Crippen molar-refractivity contribution in [3.63, 3.8) is 0 Å². The van der Waals surface area contributed by atoms with E-state index in [0.29, 0.717) is 39.7 Å². The Morgan fingerprint density at radius 1 is 0.271 bits per heavy atom. The van der Waals surface area contributed by atoms with E-state index in [1.807, 2.05) is 121 Å². The molecular formula is C61H33N9. The molecule has 12 rings (SSSR count). The first-order valence-electron chi connectivity index (χ1n) is 22.5. The second-order valence-electron chi connectivity index (χ2n) is 17.0. The van der Waals surface area contributed by atoms with Crippen LogP contribution in [0.3, 0.4) is 0 Å². The minimum atomic E-state index is 0.424. The molecule has 0 amide bonds. The van der Waals surface area contributed by atoms with Crippen molar-refractivity contribution < 1.29 is 0 Å². The molecule has 0 saturated heterocycles. The number of benzene rings is 9. The lowest BCUT2D eigenvalue weighted by Gasteiger charge is -2.16. The van der Waals surface area contributed by atoms with Gasteiger partial charge in [-0.05, 0) is 113 Å². The highest BCUT2D eigenvalue weighted by Gasteiger charge is 2.21. The molecule has 0 spiro atoms. The maximum absolute atomic E-state index is 9.83. The third-order valence-electron chi connectivity index (χ3n) is 12.8. The van der Waals surface area contributed by atoms with Gasteiger partial charge in [0.05, 0.1) is 68.6 Å². The molecule has 0 unspecified atom stereocenters. The van der Waals surface area contributed by atoms with E-state index in [1.165, 1.54) is 0 Å². The van der Waals surface area contributed by atoms with Crippen molar-refractivity contribution in [1.82, 2.24) is 24.1 Å². The number of hydrogen-bond donors (Lipinski definition) is 0. The molecule has 0 radical (unpaired) electrons. The fraction of sp³-hybridized carbons (Fsp3) is 0. The topological polar surface area (TPSA) is 144 Å². The number of nitrogens with zero attached hydrogens (tertiary/aromatic N) is 9. The molecule has 3 heterocycles. The Kier molecular flexibility index (Phi) is 9.82. The zero-order valence-electron chi connectivity index (χ0n) is 37.1. The molecule has 70 heavy (non-hydrogen) atoms. The van der Waals surface area contributed by atoms with Gasteiger partial charge in [0.2, 0.25) is 0 Å². The molecule has 12 aromatic rings. The Morgan fingerprint density at radius 2 is 0.629 bits per heavy atom. The van der Waals surface area contributed by atoms with E-state index < -0.39 is 0 Å². The Labute approximate surface area is 401 Å². The highest BCUT2D eigenvalue weighted by Crippen LogP contribution is 2.40. The van der Waals surface area contributed by atoms with Crippen LogP contribution in [0.4, 0.5) is 0 Å². The fourth-order valence-corrected chi connectivity index (χ4v) is 9.63. The smallest absolute Gasteiger partial charge is 0.164 e. The number of para-hydroxylation sites is 2. The summed E-state index contributed by atoms with van der Waals surface area (Å²) in [7, 11) is 0. The molecule has 9 aromatic carbocycles. The van der Waals surface area contributed by atoms with Crippen molar-refractivity contribution in [2.75, 3.05) is 0 Å². The van der Waals surface area contributed by atoms with Gasteiger partial charge >= 0.3 is 0 Å². The number of rotatable bonds is 7. The van der Waals surface area contributed by atoms with Crippen LogP contribution in [0.15, 0.2) is 200 Å². The molecule has 9 nitrogen and oxygen atoms in total. The Balaban J connectivity index is 1.14. The van der Waals surface area contributed by atoms with Gasteiger partial charge in [0.1, 0.15) is 0 Å². The highest BCUT2D eigenvalue weighted by atomic mass is 15.0. The minimum Gasteiger partial charge on any atom is -0.309 e. The minimum absolute atomic E-state index is 0.424. The zero-order chi connectivity index (χ0) is 47.3. The van der Waals surface area contributed by atoms with Gasteiger partial charge in [-0.25, -0.2) is 15.0 Å². The van der Waals surface area contributed by atoms with Crippen LogP contribution < -0.4 is 0 Å². The molecule has 3 aromatic heterocycles. The maximum Gasteiger partial charge on any atom is 0.164 e. The summed E-state index contributed by atoms with van der Waals surface area (Å²) in [4.78, 5) is 15.4. The summed E-state index contributed by atoms with van der Waals surface area (Å²) >= 11 is 0. The van der Waals surface area contributed by atoms with Gasteiger partial charge in [-0.2, -0.15) is 21.0 Å². The van der Waals surface area contributed by atoms with E-state index >= 15 is 0 Å².